The second kappa shape index (κ2) is 8.51. The van der Waals surface area contributed by atoms with E-state index in [-0.39, 0.29) is 17.4 Å². The van der Waals surface area contributed by atoms with E-state index in [0.717, 1.165) is 43.8 Å². The molecule has 0 spiro atoms. The number of hydrogen-bond acceptors (Lipinski definition) is 7. The number of nitrogens with zero attached hydrogens (tertiary/aromatic N) is 2. The molecule has 1 aromatic carbocycles. The van der Waals surface area contributed by atoms with Crippen LogP contribution in [0.3, 0.4) is 0 Å². The van der Waals surface area contributed by atoms with Gasteiger partial charge in [0.1, 0.15) is 11.6 Å². The highest BCUT2D eigenvalue weighted by Crippen LogP contribution is 2.30. The van der Waals surface area contributed by atoms with Gasteiger partial charge in [0, 0.05) is 42.0 Å². The average Bonchev–Trinajstić information content (AvgIpc) is 3.46. The minimum absolute atomic E-state index is 0.139. The molecule has 0 radical (unpaired) electrons. The summed E-state index contributed by atoms with van der Waals surface area (Å²) < 4.78 is 5.51. The van der Waals surface area contributed by atoms with Gasteiger partial charge in [-0.15, -0.1) is 0 Å². The Morgan fingerprint density at radius 1 is 1.09 bits per heavy atom. The van der Waals surface area contributed by atoms with E-state index in [1.165, 1.54) is 11.1 Å². The van der Waals surface area contributed by atoms with Gasteiger partial charge in [-0.25, -0.2) is 4.98 Å². The number of nitrogens with one attached hydrogen (secondary N) is 4. The maximum Gasteiger partial charge on any atom is 0.255 e. The summed E-state index contributed by atoms with van der Waals surface area (Å²) in [5.41, 5.74) is 4.59. The van der Waals surface area contributed by atoms with Gasteiger partial charge in [0.15, 0.2) is 5.82 Å². The molecular weight excluding hydrogens is 416 g/mol. The first-order valence-corrected chi connectivity index (χ1v) is 11.5. The first kappa shape index (κ1) is 21.5. The van der Waals surface area contributed by atoms with E-state index in [2.05, 4.69) is 70.4 Å². The summed E-state index contributed by atoms with van der Waals surface area (Å²) in [7, 11) is 0. The van der Waals surface area contributed by atoms with Crippen LogP contribution in [0.15, 0.2) is 41.1 Å². The number of pyridine rings is 1. The summed E-state index contributed by atoms with van der Waals surface area (Å²) in [4.78, 5) is 17.4. The van der Waals surface area contributed by atoms with Gasteiger partial charge in [-0.2, -0.15) is 0 Å². The highest BCUT2D eigenvalue weighted by molar-refractivity contribution is 6.00. The zero-order valence-electron chi connectivity index (χ0n) is 19.3. The number of carbonyl (C=O) groups excluding carboxylic acids is 1. The molecule has 5 rings (SSSR count). The summed E-state index contributed by atoms with van der Waals surface area (Å²) in [5, 5.41) is 17.2. The monoisotopic (exact) mass is 446 g/mol. The van der Waals surface area contributed by atoms with E-state index in [4.69, 9.17) is 4.52 Å². The molecule has 0 saturated heterocycles. The van der Waals surface area contributed by atoms with Crippen molar-refractivity contribution in [1.82, 2.24) is 20.8 Å². The zero-order chi connectivity index (χ0) is 23.0. The number of amides is 1. The fourth-order valence-corrected chi connectivity index (χ4v) is 3.83. The summed E-state index contributed by atoms with van der Waals surface area (Å²) in [6.07, 6.45) is 4.66. The van der Waals surface area contributed by atoms with Crippen molar-refractivity contribution in [3.05, 3.63) is 59.0 Å². The fraction of sp³-hybridized carbons (Fsp3) is 0.400. The summed E-state index contributed by atoms with van der Waals surface area (Å²) in [5.74, 6) is 1.83. The van der Waals surface area contributed by atoms with Crippen LogP contribution in [0.25, 0.3) is 0 Å². The molecule has 33 heavy (non-hydrogen) atoms. The SMILES string of the molecule is CC(C)(C)c1cc(Nc2cc(Nc3ccc4c(c3)CCNC4)ncc2C(=O)NC2CC2)no1. The van der Waals surface area contributed by atoms with Gasteiger partial charge in [-0.1, -0.05) is 32.0 Å². The Hall–Kier alpha value is -3.39. The quantitative estimate of drug-likeness (QED) is 0.445. The first-order chi connectivity index (χ1) is 15.8. The van der Waals surface area contributed by atoms with Crippen LogP contribution in [-0.2, 0) is 18.4 Å². The van der Waals surface area contributed by atoms with E-state index in [1.807, 2.05) is 12.1 Å². The number of benzene rings is 1. The number of anilines is 4. The minimum atomic E-state index is -0.161. The third kappa shape index (κ3) is 5.01. The number of hydrogen-bond donors (Lipinski definition) is 4. The Kier molecular flexibility index (Phi) is 5.54. The molecule has 8 heteroatoms. The van der Waals surface area contributed by atoms with Crippen LogP contribution in [0, 0.1) is 0 Å². The molecule has 1 aliphatic carbocycles. The van der Waals surface area contributed by atoms with E-state index in [9.17, 15) is 4.79 Å². The summed E-state index contributed by atoms with van der Waals surface area (Å²) in [6.45, 7) is 8.08. The van der Waals surface area contributed by atoms with Crippen LogP contribution in [0.2, 0.25) is 0 Å². The Morgan fingerprint density at radius 2 is 1.94 bits per heavy atom. The van der Waals surface area contributed by atoms with Crippen molar-refractivity contribution in [2.24, 2.45) is 0 Å². The standard InChI is InChI=1S/C25H30N6O2/c1-25(2,3)21-12-23(31-33-21)30-20-11-22(27-14-19(20)24(32)29-17-6-7-17)28-18-5-4-16-13-26-9-8-15(16)10-18/h4-5,10-12,14,17,26H,6-9,13H2,1-3H3,(H,29,32)(H2,27,28,30,31). The maximum atomic E-state index is 12.8. The predicted molar refractivity (Wildman–Crippen MR) is 128 cm³/mol. The Morgan fingerprint density at radius 3 is 2.70 bits per heavy atom. The lowest BCUT2D eigenvalue weighted by molar-refractivity contribution is 0.0951. The van der Waals surface area contributed by atoms with Crippen molar-refractivity contribution < 1.29 is 9.32 Å². The van der Waals surface area contributed by atoms with Gasteiger partial charge in [0.05, 0.1) is 11.3 Å². The lowest BCUT2D eigenvalue weighted by atomic mass is 9.93. The Labute approximate surface area is 193 Å². The molecular formula is C25H30N6O2. The van der Waals surface area contributed by atoms with Crippen LogP contribution < -0.4 is 21.3 Å². The number of carbonyl (C=O) groups is 1. The second-order valence-electron chi connectivity index (χ2n) is 9.85. The molecule has 0 atom stereocenters. The predicted octanol–water partition coefficient (Wildman–Crippen LogP) is 4.39. The topological polar surface area (TPSA) is 104 Å². The van der Waals surface area contributed by atoms with E-state index >= 15 is 0 Å². The highest BCUT2D eigenvalue weighted by Gasteiger charge is 2.26. The number of fused-ring (bicyclic) bond motifs is 1. The molecule has 0 unspecified atom stereocenters. The van der Waals surface area contributed by atoms with Crippen molar-refractivity contribution in [2.75, 3.05) is 17.2 Å². The molecule has 1 aliphatic heterocycles. The van der Waals surface area contributed by atoms with Crippen LogP contribution in [0.4, 0.5) is 23.0 Å². The van der Waals surface area contributed by atoms with Crippen molar-refractivity contribution in [3.63, 3.8) is 0 Å². The van der Waals surface area contributed by atoms with Gasteiger partial charge in [-0.3, -0.25) is 4.79 Å². The largest absolute Gasteiger partial charge is 0.359 e. The van der Waals surface area contributed by atoms with Crippen LogP contribution >= 0.6 is 0 Å². The first-order valence-electron chi connectivity index (χ1n) is 11.5. The summed E-state index contributed by atoms with van der Waals surface area (Å²) in [6, 6.07) is 10.3. The lowest BCUT2D eigenvalue weighted by Crippen LogP contribution is -2.26. The van der Waals surface area contributed by atoms with Gasteiger partial charge in [0.25, 0.3) is 5.91 Å². The fourth-order valence-electron chi connectivity index (χ4n) is 3.83. The van der Waals surface area contributed by atoms with E-state index < -0.39 is 0 Å². The van der Waals surface area contributed by atoms with E-state index in [0.29, 0.717) is 22.9 Å². The molecule has 2 aromatic heterocycles. The number of aromatic nitrogens is 2. The van der Waals surface area contributed by atoms with Crippen LogP contribution in [0.1, 0.15) is 60.9 Å². The third-order valence-electron chi connectivity index (χ3n) is 5.94. The smallest absolute Gasteiger partial charge is 0.255 e. The molecule has 0 bridgehead atoms. The van der Waals surface area contributed by atoms with Gasteiger partial charge in [0.2, 0.25) is 0 Å². The molecule has 3 heterocycles. The molecule has 3 aromatic rings. The van der Waals surface area contributed by atoms with Crippen molar-refractivity contribution >= 4 is 28.9 Å². The van der Waals surface area contributed by atoms with Gasteiger partial charge in [-0.05, 0) is 49.1 Å². The third-order valence-corrected chi connectivity index (χ3v) is 5.94. The zero-order valence-corrected chi connectivity index (χ0v) is 19.3. The second-order valence-corrected chi connectivity index (χ2v) is 9.85. The summed E-state index contributed by atoms with van der Waals surface area (Å²) >= 11 is 0. The van der Waals surface area contributed by atoms with Gasteiger partial charge >= 0.3 is 0 Å². The van der Waals surface area contributed by atoms with Crippen LogP contribution in [0.5, 0.6) is 0 Å². The molecule has 8 nitrogen and oxygen atoms in total. The molecule has 1 amide bonds. The number of rotatable bonds is 6. The molecule has 172 valence electrons. The van der Waals surface area contributed by atoms with E-state index in [1.54, 1.807) is 6.20 Å². The van der Waals surface area contributed by atoms with Crippen molar-refractivity contribution in [3.8, 4) is 0 Å². The molecule has 1 saturated carbocycles. The highest BCUT2D eigenvalue weighted by atomic mass is 16.5. The lowest BCUT2D eigenvalue weighted by Gasteiger charge is -2.18. The van der Waals surface area contributed by atoms with Gasteiger partial charge < -0.3 is 25.8 Å². The maximum absolute atomic E-state index is 12.8. The molecule has 1 fully saturated rings. The average molecular weight is 447 g/mol. The van der Waals surface area contributed by atoms with Crippen molar-refractivity contribution in [1.29, 1.82) is 0 Å². The molecule has 4 N–H and O–H groups in total. The Balaban J connectivity index is 1.42. The van der Waals surface area contributed by atoms with Crippen molar-refractivity contribution in [2.45, 2.75) is 58.0 Å². The minimum Gasteiger partial charge on any atom is -0.359 e. The Bertz CT molecular complexity index is 1180. The normalized spacial score (nSPS) is 15.6. The molecule has 2 aliphatic rings. The van der Waals surface area contributed by atoms with Crippen LogP contribution in [-0.4, -0.2) is 28.6 Å².